The number of aliphatic carboxylic acids is 1. The van der Waals surface area contributed by atoms with Crippen LogP contribution in [-0.2, 0) is 17.1 Å². The average molecular weight is 343 g/mol. The molecule has 3 nitrogen and oxygen atoms in total. The predicted octanol–water partition coefficient (Wildman–Crippen LogP) is 3.88. The molecule has 0 aromatic heterocycles. The quantitative estimate of drug-likeness (QED) is 0.798. The molecule has 0 bridgehead atoms. The van der Waals surface area contributed by atoms with Gasteiger partial charge >= 0.3 is 18.3 Å². The van der Waals surface area contributed by atoms with E-state index < -0.39 is 41.3 Å². The molecule has 9 heteroatoms. The highest BCUT2D eigenvalue weighted by Gasteiger charge is 2.43. The lowest BCUT2D eigenvalue weighted by atomic mass is 9.88. The van der Waals surface area contributed by atoms with Gasteiger partial charge in [-0.3, -0.25) is 4.79 Å². The van der Waals surface area contributed by atoms with Crippen molar-refractivity contribution < 1.29 is 36.2 Å². The maximum absolute atomic E-state index is 12.9. The third kappa shape index (κ3) is 4.85. The van der Waals surface area contributed by atoms with Gasteiger partial charge in [0.1, 0.15) is 0 Å². The first-order chi connectivity index (χ1) is 10.4. The Morgan fingerprint density at radius 2 is 1.65 bits per heavy atom. The zero-order chi connectivity index (χ0) is 18.0. The van der Waals surface area contributed by atoms with Crippen molar-refractivity contribution in [2.24, 2.45) is 11.7 Å². The predicted molar refractivity (Wildman–Crippen MR) is 69.7 cm³/mol. The van der Waals surface area contributed by atoms with Crippen LogP contribution in [0.3, 0.4) is 0 Å². The van der Waals surface area contributed by atoms with Crippen LogP contribution in [0.25, 0.3) is 0 Å². The van der Waals surface area contributed by atoms with Gasteiger partial charge in [0, 0.05) is 6.54 Å². The van der Waals surface area contributed by atoms with Gasteiger partial charge in [-0.25, -0.2) is 0 Å². The SMILES string of the molecule is CC(CC(CN)C(=O)O)c1ccc(C(F)(F)F)c(C(F)(F)F)c1. The van der Waals surface area contributed by atoms with Crippen LogP contribution in [0.2, 0.25) is 0 Å². The molecule has 3 N–H and O–H groups in total. The van der Waals surface area contributed by atoms with Crippen LogP contribution in [0.5, 0.6) is 0 Å². The first-order valence-electron chi connectivity index (χ1n) is 6.59. The molecule has 1 aromatic carbocycles. The van der Waals surface area contributed by atoms with Crippen LogP contribution >= 0.6 is 0 Å². The third-order valence-corrected chi connectivity index (χ3v) is 3.50. The Balaban J connectivity index is 3.22. The summed E-state index contributed by atoms with van der Waals surface area (Å²) in [6.45, 7) is 1.22. The van der Waals surface area contributed by atoms with Gasteiger partial charge in [0.15, 0.2) is 0 Å². The molecule has 0 saturated carbocycles. The zero-order valence-electron chi connectivity index (χ0n) is 12.0. The second kappa shape index (κ2) is 6.77. The summed E-state index contributed by atoms with van der Waals surface area (Å²) in [6, 6.07) is 1.72. The summed E-state index contributed by atoms with van der Waals surface area (Å²) in [4.78, 5) is 10.9. The molecule has 23 heavy (non-hydrogen) atoms. The van der Waals surface area contributed by atoms with E-state index in [0.717, 1.165) is 6.07 Å². The van der Waals surface area contributed by atoms with Gasteiger partial charge < -0.3 is 10.8 Å². The van der Waals surface area contributed by atoms with Crippen molar-refractivity contribution in [1.82, 2.24) is 0 Å². The normalized spacial score (nSPS) is 15.3. The van der Waals surface area contributed by atoms with E-state index in [1.54, 1.807) is 0 Å². The van der Waals surface area contributed by atoms with Crippen molar-refractivity contribution in [1.29, 1.82) is 0 Å². The van der Waals surface area contributed by atoms with Crippen molar-refractivity contribution in [3.63, 3.8) is 0 Å². The van der Waals surface area contributed by atoms with Crippen molar-refractivity contribution >= 4 is 5.97 Å². The first kappa shape index (κ1) is 19.3. The van der Waals surface area contributed by atoms with Crippen molar-refractivity contribution in [3.8, 4) is 0 Å². The number of nitrogens with two attached hydrogens (primary N) is 1. The Kier molecular flexibility index (Phi) is 5.68. The lowest BCUT2D eigenvalue weighted by Crippen LogP contribution is -2.25. The first-order valence-corrected chi connectivity index (χ1v) is 6.59. The van der Waals surface area contributed by atoms with E-state index in [4.69, 9.17) is 10.8 Å². The highest BCUT2D eigenvalue weighted by atomic mass is 19.4. The van der Waals surface area contributed by atoms with Gasteiger partial charge in [-0.2, -0.15) is 26.3 Å². The molecule has 1 aromatic rings. The molecule has 0 spiro atoms. The smallest absolute Gasteiger partial charge is 0.417 e. The molecule has 130 valence electrons. The molecular formula is C14H15F6NO2. The molecule has 0 amide bonds. The minimum atomic E-state index is -5.17. The number of alkyl halides is 6. The highest BCUT2D eigenvalue weighted by Crippen LogP contribution is 2.41. The summed E-state index contributed by atoms with van der Waals surface area (Å²) in [5.74, 6) is -2.88. The van der Waals surface area contributed by atoms with Gasteiger partial charge in [-0.15, -0.1) is 0 Å². The summed E-state index contributed by atoms with van der Waals surface area (Å²) in [6.07, 6.45) is -10.4. The summed E-state index contributed by atoms with van der Waals surface area (Å²) in [5, 5.41) is 8.89. The van der Waals surface area contributed by atoms with Gasteiger partial charge in [-0.1, -0.05) is 13.0 Å². The number of carboxylic acid groups (broad SMARTS) is 1. The van der Waals surface area contributed by atoms with Crippen molar-refractivity contribution in [3.05, 3.63) is 34.9 Å². The van der Waals surface area contributed by atoms with Crippen LogP contribution in [0, 0.1) is 5.92 Å². The van der Waals surface area contributed by atoms with Crippen molar-refractivity contribution in [2.75, 3.05) is 6.54 Å². The number of hydrogen-bond acceptors (Lipinski definition) is 2. The van der Waals surface area contributed by atoms with Crippen LogP contribution in [0.15, 0.2) is 18.2 Å². The molecular weight excluding hydrogens is 328 g/mol. The van der Waals surface area contributed by atoms with E-state index in [1.807, 2.05) is 0 Å². The summed E-state index contributed by atoms with van der Waals surface area (Å²) >= 11 is 0. The van der Waals surface area contributed by atoms with Crippen LogP contribution in [-0.4, -0.2) is 17.6 Å². The molecule has 2 unspecified atom stereocenters. The Hall–Kier alpha value is -1.77. The molecule has 0 radical (unpaired) electrons. The molecule has 0 fully saturated rings. The number of rotatable bonds is 5. The molecule has 0 aliphatic heterocycles. The molecule has 1 rings (SSSR count). The molecule has 0 heterocycles. The van der Waals surface area contributed by atoms with Gasteiger partial charge in [0.2, 0.25) is 0 Å². The second-order valence-electron chi connectivity index (χ2n) is 5.21. The van der Waals surface area contributed by atoms with E-state index in [0.29, 0.717) is 12.1 Å². The maximum atomic E-state index is 12.9. The molecule has 0 aliphatic rings. The summed E-state index contributed by atoms with van der Waals surface area (Å²) in [7, 11) is 0. The lowest BCUT2D eigenvalue weighted by molar-refractivity contribution is -0.162. The summed E-state index contributed by atoms with van der Waals surface area (Å²) in [5.41, 5.74) is 1.70. The van der Waals surface area contributed by atoms with E-state index in [9.17, 15) is 31.1 Å². The minimum Gasteiger partial charge on any atom is -0.481 e. The van der Waals surface area contributed by atoms with Crippen molar-refractivity contribution in [2.45, 2.75) is 31.6 Å². The van der Waals surface area contributed by atoms with E-state index in [1.165, 1.54) is 6.92 Å². The molecule has 2 atom stereocenters. The standard InChI is InChI=1S/C14H15F6NO2/c1-7(4-9(6-21)12(22)23)8-2-3-10(13(15,16)17)11(5-8)14(18,19)20/h2-3,5,7,9H,4,6,21H2,1H3,(H,22,23). The Morgan fingerprint density at radius 3 is 2.04 bits per heavy atom. The summed E-state index contributed by atoms with van der Waals surface area (Å²) < 4.78 is 76.7. The van der Waals surface area contributed by atoms with E-state index in [-0.39, 0.29) is 18.5 Å². The Bertz CT molecular complexity index is 567. The fourth-order valence-corrected chi connectivity index (χ4v) is 2.21. The van der Waals surface area contributed by atoms with Gasteiger partial charge in [-0.05, 0) is 30.0 Å². The third-order valence-electron chi connectivity index (χ3n) is 3.50. The molecule has 0 aliphatic carbocycles. The lowest BCUT2D eigenvalue weighted by Gasteiger charge is -2.20. The average Bonchev–Trinajstić information content (AvgIpc) is 2.41. The number of halogens is 6. The number of carbonyl (C=O) groups is 1. The largest absolute Gasteiger partial charge is 0.481 e. The van der Waals surface area contributed by atoms with Crippen LogP contribution in [0.4, 0.5) is 26.3 Å². The van der Waals surface area contributed by atoms with Gasteiger partial charge in [0.25, 0.3) is 0 Å². The number of hydrogen-bond donors (Lipinski definition) is 2. The Labute approximate surface area is 128 Å². The van der Waals surface area contributed by atoms with Crippen LogP contribution in [0.1, 0.15) is 36.0 Å². The highest BCUT2D eigenvalue weighted by molar-refractivity contribution is 5.70. The number of benzene rings is 1. The monoisotopic (exact) mass is 343 g/mol. The fourth-order valence-electron chi connectivity index (χ4n) is 2.21. The minimum absolute atomic E-state index is 0.0231. The van der Waals surface area contributed by atoms with Crippen LogP contribution < -0.4 is 5.73 Å². The number of carboxylic acids is 1. The maximum Gasteiger partial charge on any atom is 0.417 e. The zero-order valence-corrected chi connectivity index (χ0v) is 12.0. The fraction of sp³-hybridized carbons (Fsp3) is 0.500. The molecule has 0 saturated heterocycles. The Morgan fingerprint density at radius 1 is 1.13 bits per heavy atom. The topological polar surface area (TPSA) is 63.3 Å². The van der Waals surface area contributed by atoms with E-state index >= 15 is 0 Å². The second-order valence-corrected chi connectivity index (χ2v) is 5.21. The van der Waals surface area contributed by atoms with E-state index in [2.05, 4.69) is 0 Å². The van der Waals surface area contributed by atoms with Gasteiger partial charge in [0.05, 0.1) is 17.0 Å².